The molecular formula is C15H21N3O4S. The quantitative estimate of drug-likeness (QED) is 0.524. The topological polar surface area (TPSA) is 107 Å². The van der Waals surface area contributed by atoms with Crippen LogP contribution in [0.3, 0.4) is 0 Å². The maximum atomic E-state index is 11.9. The van der Waals surface area contributed by atoms with Crippen molar-refractivity contribution in [3.8, 4) is 5.75 Å². The van der Waals surface area contributed by atoms with E-state index in [-0.39, 0.29) is 23.4 Å². The number of amides is 1. The Hall–Kier alpha value is -1.80. The summed E-state index contributed by atoms with van der Waals surface area (Å²) >= 11 is 1.42. The van der Waals surface area contributed by atoms with Crippen molar-refractivity contribution in [1.29, 1.82) is 0 Å². The Labute approximate surface area is 139 Å². The Morgan fingerprint density at radius 2 is 2.30 bits per heavy atom. The highest BCUT2D eigenvalue weighted by Gasteiger charge is 2.31. The predicted molar refractivity (Wildman–Crippen MR) is 89.5 cm³/mol. The van der Waals surface area contributed by atoms with Crippen LogP contribution in [-0.2, 0) is 10.5 Å². The lowest BCUT2D eigenvalue weighted by molar-refractivity contribution is -0.385. The fourth-order valence-corrected chi connectivity index (χ4v) is 3.13. The van der Waals surface area contributed by atoms with Gasteiger partial charge in [0.1, 0.15) is 0 Å². The van der Waals surface area contributed by atoms with Crippen LogP contribution in [0.4, 0.5) is 5.69 Å². The number of nitrogens with zero attached hydrogens (tertiary/aromatic N) is 1. The molecule has 0 aliphatic heterocycles. The number of carbonyl (C=O) groups excluding carboxylic acids is 1. The number of nitrogens with one attached hydrogen (secondary N) is 1. The lowest BCUT2D eigenvalue weighted by atomic mass is 10.2. The van der Waals surface area contributed by atoms with Crippen molar-refractivity contribution in [1.82, 2.24) is 5.32 Å². The molecule has 0 saturated heterocycles. The zero-order chi connectivity index (χ0) is 16.8. The molecule has 8 heteroatoms. The Morgan fingerprint density at radius 3 is 2.87 bits per heavy atom. The summed E-state index contributed by atoms with van der Waals surface area (Å²) < 4.78 is 4.96. The van der Waals surface area contributed by atoms with Gasteiger partial charge in [0.25, 0.3) is 0 Å². The van der Waals surface area contributed by atoms with Gasteiger partial charge in [-0.25, -0.2) is 0 Å². The van der Waals surface area contributed by atoms with E-state index in [1.54, 1.807) is 12.1 Å². The van der Waals surface area contributed by atoms with E-state index in [9.17, 15) is 14.9 Å². The van der Waals surface area contributed by atoms with E-state index in [0.29, 0.717) is 24.0 Å². The fraction of sp³-hybridized carbons (Fsp3) is 0.533. The van der Waals surface area contributed by atoms with Gasteiger partial charge in [-0.05, 0) is 30.4 Å². The largest absolute Gasteiger partial charge is 0.490 e. The molecule has 1 aromatic carbocycles. The average molecular weight is 339 g/mol. The summed E-state index contributed by atoms with van der Waals surface area (Å²) in [7, 11) is 1.40. The van der Waals surface area contributed by atoms with Gasteiger partial charge in [-0.15, -0.1) is 11.8 Å². The molecular weight excluding hydrogens is 318 g/mol. The van der Waals surface area contributed by atoms with E-state index in [1.165, 1.54) is 24.9 Å². The van der Waals surface area contributed by atoms with Gasteiger partial charge in [-0.1, -0.05) is 6.07 Å². The molecule has 7 nitrogen and oxygen atoms in total. The molecule has 1 aromatic rings. The Bertz CT molecular complexity index is 578. The second-order valence-corrected chi connectivity index (χ2v) is 6.49. The predicted octanol–water partition coefficient (Wildman–Crippen LogP) is 1.69. The number of hydrogen-bond acceptors (Lipinski definition) is 6. The number of carbonyl (C=O) groups is 1. The minimum absolute atomic E-state index is 0.0413. The normalized spacial score (nSPS) is 15.0. The molecule has 1 amide bonds. The van der Waals surface area contributed by atoms with Crippen molar-refractivity contribution in [2.75, 3.05) is 19.4 Å². The molecule has 3 N–H and O–H groups in total. The van der Waals surface area contributed by atoms with Crippen LogP contribution in [0.1, 0.15) is 18.4 Å². The lowest BCUT2D eigenvalue weighted by Gasteiger charge is -2.15. The van der Waals surface area contributed by atoms with E-state index in [2.05, 4.69) is 5.32 Å². The number of nitro benzene ring substituents is 1. The van der Waals surface area contributed by atoms with Crippen LogP contribution >= 0.6 is 11.8 Å². The Balaban J connectivity index is 1.82. The lowest BCUT2D eigenvalue weighted by Crippen LogP contribution is -2.42. The maximum Gasteiger partial charge on any atom is 0.311 e. The van der Waals surface area contributed by atoms with E-state index in [0.717, 1.165) is 18.4 Å². The maximum absolute atomic E-state index is 11.9. The number of nitro groups is 1. The van der Waals surface area contributed by atoms with Crippen LogP contribution in [0, 0.1) is 16.0 Å². The summed E-state index contributed by atoms with van der Waals surface area (Å²) in [5.74, 6) is 1.55. The van der Waals surface area contributed by atoms with Crippen molar-refractivity contribution >= 4 is 23.4 Å². The van der Waals surface area contributed by atoms with Gasteiger partial charge in [0, 0.05) is 24.4 Å². The SMILES string of the molecule is COc1ccc(CSCC(=O)NC(CN)C2CC2)cc1[N+](=O)[O-]. The van der Waals surface area contributed by atoms with E-state index >= 15 is 0 Å². The molecule has 1 saturated carbocycles. The summed E-state index contributed by atoms with van der Waals surface area (Å²) in [6.07, 6.45) is 2.26. The molecule has 1 aliphatic carbocycles. The van der Waals surface area contributed by atoms with E-state index < -0.39 is 4.92 Å². The minimum atomic E-state index is -0.471. The van der Waals surface area contributed by atoms with Crippen molar-refractivity contribution in [2.45, 2.75) is 24.6 Å². The van der Waals surface area contributed by atoms with Gasteiger partial charge < -0.3 is 15.8 Å². The van der Waals surface area contributed by atoms with E-state index in [4.69, 9.17) is 10.5 Å². The summed E-state index contributed by atoms with van der Waals surface area (Å²) in [4.78, 5) is 22.4. The molecule has 23 heavy (non-hydrogen) atoms. The van der Waals surface area contributed by atoms with Crippen molar-refractivity contribution in [3.63, 3.8) is 0 Å². The number of nitrogens with two attached hydrogens (primary N) is 1. The van der Waals surface area contributed by atoms with Gasteiger partial charge in [0.05, 0.1) is 17.8 Å². The van der Waals surface area contributed by atoms with Gasteiger partial charge in [0.2, 0.25) is 5.91 Å². The number of benzene rings is 1. The fourth-order valence-electron chi connectivity index (χ4n) is 2.35. The van der Waals surface area contributed by atoms with Gasteiger partial charge in [0.15, 0.2) is 5.75 Å². The minimum Gasteiger partial charge on any atom is -0.490 e. The highest BCUT2D eigenvalue weighted by molar-refractivity contribution is 7.99. The van der Waals surface area contributed by atoms with Crippen molar-refractivity contribution < 1.29 is 14.5 Å². The first-order valence-electron chi connectivity index (χ1n) is 7.43. The third-order valence-corrected chi connectivity index (χ3v) is 4.74. The monoisotopic (exact) mass is 339 g/mol. The standard InChI is InChI=1S/C15H21N3O4S/c1-22-14-5-2-10(6-13(14)18(20)21)8-23-9-15(19)17-12(7-16)11-3-4-11/h2,5-6,11-12H,3-4,7-9,16H2,1H3,(H,17,19). The average Bonchev–Trinajstić information content (AvgIpc) is 3.37. The zero-order valence-corrected chi connectivity index (χ0v) is 13.8. The first kappa shape index (κ1) is 17.6. The van der Waals surface area contributed by atoms with Gasteiger partial charge in [-0.2, -0.15) is 0 Å². The number of rotatable bonds is 9. The molecule has 1 fully saturated rings. The zero-order valence-electron chi connectivity index (χ0n) is 13.0. The van der Waals surface area contributed by atoms with E-state index in [1.807, 2.05) is 0 Å². The highest BCUT2D eigenvalue weighted by atomic mass is 32.2. The van der Waals surface area contributed by atoms with Crippen LogP contribution in [0.15, 0.2) is 18.2 Å². The first-order chi connectivity index (χ1) is 11.0. The summed E-state index contributed by atoms with van der Waals surface area (Å²) in [5, 5.41) is 13.9. The highest BCUT2D eigenvalue weighted by Crippen LogP contribution is 2.32. The van der Waals surface area contributed by atoms with Crippen LogP contribution < -0.4 is 15.8 Å². The molecule has 126 valence electrons. The number of methoxy groups -OCH3 is 1. The molecule has 0 radical (unpaired) electrons. The third kappa shape index (κ3) is 5.11. The Morgan fingerprint density at radius 1 is 1.57 bits per heavy atom. The molecule has 0 aromatic heterocycles. The number of ether oxygens (including phenoxy) is 1. The summed E-state index contributed by atoms with van der Waals surface area (Å²) in [6, 6.07) is 4.90. The summed E-state index contributed by atoms with van der Waals surface area (Å²) in [6.45, 7) is 0.464. The summed E-state index contributed by atoms with van der Waals surface area (Å²) in [5.41, 5.74) is 6.38. The van der Waals surface area contributed by atoms with Crippen molar-refractivity contribution in [2.24, 2.45) is 11.7 Å². The smallest absolute Gasteiger partial charge is 0.311 e. The van der Waals surface area contributed by atoms with Crippen LogP contribution in [0.25, 0.3) is 0 Å². The molecule has 1 unspecified atom stereocenters. The molecule has 1 atom stereocenters. The van der Waals surface area contributed by atoms with Crippen LogP contribution in [-0.4, -0.2) is 36.3 Å². The van der Waals surface area contributed by atoms with Crippen LogP contribution in [0.5, 0.6) is 5.75 Å². The van der Waals surface area contributed by atoms with Gasteiger partial charge in [-0.3, -0.25) is 14.9 Å². The first-order valence-corrected chi connectivity index (χ1v) is 8.59. The molecule has 1 aliphatic rings. The molecule has 2 rings (SSSR count). The second-order valence-electron chi connectivity index (χ2n) is 5.50. The van der Waals surface area contributed by atoms with Gasteiger partial charge >= 0.3 is 5.69 Å². The second kappa shape index (κ2) is 8.16. The Kier molecular flexibility index (Phi) is 6.23. The molecule has 0 heterocycles. The van der Waals surface area contributed by atoms with Crippen molar-refractivity contribution in [3.05, 3.63) is 33.9 Å². The van der Waals surface area contributed by atoms with Crippen LogP contribution in [0.2, 0.25) is 0 Å². The number of thioether (sulfide) groups is 1. The molecule has 0 bridgehead atoms. The third-order valence-electron chi connectivity index (χ3n) is 3.73. The number of hydrogen-bond donors (Lipinski definition) is 2. The molecule has 0 spiro atoms.